The maximum atomic E-state index is 5.55. The minimum Gasteiger partial charge on any atom is -0.360 e. The Kier molecular flexibility index (Phi) is 5.57. The molecule has 0 radical (unpaired) electrons. The van der Waals surface area contributed by atoms with Crippen LogP contribution in [0.5, 0.6) is 0 Å². The molecular formula is C10H20N4S. The second-order valence-corrected chi connectivity index (χ2v) is 4.35. The third-order valence-electron chi connectivity index (χ3n) is 2.48. The van der Waals surface area contributed by atoms with Crippen LogP contribution >= 0.6 is 11.5 Å². The Bertz CT molecular complexity index is 274. The molecule has 1 aromatic heterocycles. The number of aryl methyl sites for hydroxylation is 1. The Balaban J connectivity index is 2.34. The molecular weight excluding hydrogens is 208 g/mol. The number of hydrogen-bond acceptors (Lipinski definition) is 5. The number of hydrogen-bond donors (Lipinski definition) is 2. The third-order valence-corrected chi connectivity index (χ3v) is 3.19. The number of aromatic nitrogens is 2. The highest BCUT2D eigenvalue weighted by molar-refractivity contribution is 7.09. The van der Waals surface area contributed by atoms with E-state index in [1.165, 1.54) is 11.5 Å². The predicted octanol–water partition coefficient (Wildman–Crippen LogP) is 1.89. The zero-order chi connectivity index (χ0) is 11.1. The van der Waals surface area contributed by atoms with E-state index in [1.807, 2.05) is 0 Å². The molecule has 15 heavy (non-hydrogen) atoms. The van der Waals surface area contributed by atoms with Gasteiger partial charge >= 0.3 is 0 Å². The number of nitrogens with one attached hydrogen (secondary N) is 1. The van der Waals surface area contributed by atoms with Gasteiger partial charge in [0.15, 0.2) is 0 Å². The highest BCUT2D eigenvalue weighted by atomic mass is 32.1. The van der Waals surface area contributed by atoms with Gasteiger partial charge in [0.05, 0.1) is 0 Å². The second-order valence-electron chi connectivity index (χ2n) is 3.60. The molecule has 0 aliphatic rings. The van der Waals surface area contributed by atoms with E-state index in [1.54, 1.807) is 0 Å². The van der Waals surface area contributed by atoms with Crippen LogP contribution in [0.25, 0.3) is 0 Å². The summed E-state index contributed by atoms with van der Waals surface area (Å²) in [7, 11) is 0. The van der Waals surface area contributed by atoms with E-state index in [0.717, 1.165) is 43.3 Å². The summed E-state index contributed by atoms with van der Waals surface area (Å²) in [5.41, 5.74) is 5.55. The van der Waals surface area contributed by atoms with Crippen molar-refractivity contribution in [2.75, 3.05) is 18.4 Å². The molecule has 1 aromatic rings. The Morgan fingerprint density at radius 2 is 2.27 bits per heavy atom. The van der Waals surface area contributed by atoms with Gasteiger partial charge in [0, 0.05) is 24.5 Å². The largest absolute Gasteiger partial charge is 0.360 e. The molecule has 1 heterocycles. The molecule has 1 rings (SSSR count). The molecule has 4 nitrogen and oxygen atoms in total. The normalized spacial score (nSPS) is 12.7. The monoisotopic (exact) mass is 228 g/mol. The first kappa shape index (κ1) is 12.4. The summed E-state index contributed by atoms with van der Waals surface area (Å²) < 4.78 is 4.23. The van der Waals surface area contributed by atoms with Gasteiger partial charge in [-0.05, 0) is 18.9 Å². The number of rotatable bonds is 7. The molecule has 0 fully saturated rings. The first-order valence-corrected chi connectivity index (χ1v) is 6.34. The van der Waals surface area contributed by atoms with Crippen LogP contribution in [0.15, 0.2) is 0 Å². The lowest BCUT2D eigenvalue weighted by Gasteiger charge is -2.13. The molecule has 3 N–H and O–H groups in total. The van der Waals surface area contributed by atoms with Crippen LogP contribution in [0.3, 0.4) is 0 Å². The average Bonchev–Trinajstić information content (AvgIpc) is 2.72. The van der Waals surface area contributed by atoms with Crippen molar-refractivity contribution in [2.24, 2.45) is 11.7 Å². The van der Waals surface area contributed by atoms with E-state index in [2.05, 4.69) is 28.5 Å². The summed E-state index contributed by atoms with van der Waals surface area (Å²) in [5.74, 6) is 1.57. The molecule has 0 amide bonds. The smallest absolute Gasteiger partial charge is 0.202 e. The summed E-state index contributed by atoms with van der Waals surface area (Å²) in [6.07, 6.45) is 3.13. The zero-order valence-corrected chi connectivity index (χ0v) is 10.3. The van der Waals surface area contributed by atoms with Crippen molar-refractivity contribution in [3.63, 3.8) is 0 Å². The number of nitrogens with two attached hydrogens (primary N) is 1. The summed E-state index contributed by atoms with van der Waals surface area (Å²) in [5, 5.41) is 4.26. The Morgan fingerprint density at radius 1 is 1.47 bits per heavy atom. The zero-order valence-electron chi connectivity index (χ0n) is 9.49. The minimum absolute atomic E-state index is 0.643. The van der Waals surface area contributed by atoms with Gasteiger partial charge < -0.3 is 11.1 Å². The summed E-state index contributed by atoms with van der Waals surface area (Å²) >= 11 is 1.44. The number of nitrogens with zero attached hydrogens (tertiary/aromatic N) is 2. The van der Waals surface area contributed by atoms with Crippen molar-refractivity contribution < 1.29 is 0 Å². The average molecular weight is 228 g/mol. The van der Waals surface area contributed by atoms with Crippen LogP contribution in [0, 0.1) is 5.92 Å². The van der Waals surface area contributed by atoms with Gasteiger partial charge in [-0.25, -0.2) is 4.98 Å². The van der Waals surface area contributed by atoms with E-state index in [4.69, 9.17) is 5.73 Å². The molecule has 0 saturated carbocycles. The quantitative estimate of drug-likeness (QED) is 0.748. The summed E-state index contributed by atoms with van der Waals surface area (Å²) in [6, 6.07) is 0. The maximum absolute atomic E-state index is 5.55. The van der Waals surface area contributed by atoms with Crippen molar-refractivity contribution in [2.45, 2.75) is 33.1 Å². The van der Waals surface area contributed by atoms with Crippen LogP contribution < -0.4 is 11.1 Å². The van der Waals surface area contributed by atoms with Crippen LogP contribution in [-0.4, -0.2) is 22.4 Å². The van der Waals surface area contributed by atoms with Crippen molar-refractivity contribution in [3.05, 3.63) is 5.82 Å². The molecule has 0 bridgehead atoms. The number of anilines is 1. The molecule has 0 spiro atoms. The molecule has 0 aliphatic carbocycles. The molecule has 86 valence electrons. The second kappa shape index (κ2) is 6.74. The van der Waals surface area contributed by atoms with Crippen LogP contribution in [0.4, 0.5) is 5.13 Å². The summed E-state index contributed by atoms with van der Waals surface area (Å²) in [6.45, 7) is 5.97. The highest BCUT2D eigenvalue weighted by Crippen LogP contribution is 2.14. The third kappa shape index (κ3) is 4.13. The molecule has 0 aromatic carbocycles. The Hall–Kier alpha value is -0.680. The topological polar surface area (TPSA) is 63.8 Å². The summed E-state index contributed by atoms with van der Waals surface area (Å²) in [4.78, 5) is 4.36. The van der Waals surface area contributed by atoms with Crippen LogP contribution in [-0.2, 0) is 6.42 Å². The fourth-order valence-corrected chi connectivity index (χ4v) is 2.04. The molecule has 1 unspecified atom stereocenters. The molecule has 5 heteroatoms. The van der Waals surface area contributed by atoms with Crippen molar-refractivity contribution in [1.29, 1.82) is 0 Å². The first-order chi connectivity index (χ1) is 7.30. The van der Waals surface area contributed by atoms with Crippen LogP contribution in [0.2, 0.25) is 0 Å². The lowest BCUT2D eigenvalue weighted by Crippen LogP contribution is -2.17. The van der Waals surface area contributed by atoms with E-state index < -0.39 is 0 Å². The van der Waals surface area contributed by atoms with Gasteiger partial charge in [0.25, 0.3) is 0 Å². The van der Waals surface area contributed by atoms with Gasteiger partial charge in [-0.1, -0.05) is 20.3 Å². The van der Waals surface area contributed by atoms with Crippen molar-refractivity contribution >= 4 is 16.7 Å². The van der Waals surface area contributed by atoms with Gasteiger partial charge in [0.1, 0.15) is 5.82 Å². The van der Waals surface area contributed by atoms with E-state index in [0.29, 0.717) is 5.92 Å². The Labute approximate surface area is 95.5 Å². The molecule has 0 saturated heterocycles. The fourth-order valence-electron chi connectivity index (χ4n) is 1.39. The SMILES string of the molecule is CCc1nsc(NCC(CC)CCN)n1. The van der Waals surface area contributed by atoms with Crippen molar-refractivity contribution in [1.82, 2.24) is 9.36 Å². The first-order valence-electron chi connectivity index (χ1n) is 5.56. The van der Waals surface area contributed by atoms with Gasteiger partial charge in [-0.15, -0.1) is 0 Å². The lowest BCUT2D eigenvalue weighted by atomic mass is 10.0. The standard InChI is InChI=1S/C10H20N4S/c1-3-8(5-6-11)7-12-10-13-9(4-2)14-15-10/h8H,3-7,11H2,1-2H3,(H,12,13,14). The Morgan fingerprint density at radius 3 is 2.80 bits per heavy atom. The maximum Gasteiger partial charge on any atom is 0.202 e. The lowest BCUT2D eigenvalue weighted by molar-refractivity contribution is 0.501. The highest BCUT2D eigenvalue weighted by Gasteiger charge is 2.07. The van der Waals surface area contributed by atoms with Crippen LogP contribution in [0.1, 0.15) is 32.5 Å². The fraction of sp³-hybridized carbons (Fsp3) is 0.800. The van der Waals surface area contributed by atoms with E-state index in [9.17, 15) is 0 Å². The predicted molar refractivity (Wildman–Crippen MR) is 65.2 cm³/mol. The van der Waals surface area contributed by atoms with Gasteiger partial charge in [-0.2, -0.15) is 4.37 Å². The molecule has 1 atom stereocenters. The van der Waals surface area contributed by atoms with E-state index >= 15 is 0 Å². The van der Waals surface area contributed by atoms with Crippen molar-refractivity contribution in [3.8, 4) is 0 Å². The molecule has 0 aliphatic heterocycles. The van der Waals surface area contributed by atoms with Gasteiger partial charge in [-0.3, -0.25) is 0 Å². The van der Waals surface area contributed by atoms with Gasteiger partial charge in [0.2, 0.25) is 5.13 Å². The minimum atomic E-state index is 0.643. The van der Waals surface area contributed by atoms with E-state index in [-0.39, 0.29) is 0 Å².